The molecule has 13 heavy (non-hydrogen) atoms. The molecular formula is C8H14ClN3O. The van der Waals surface area contributed by atoms with Gasteiger partial charge in [-0.25, -0.2) is 0 Å². The number of halogens is 1. The molecule has 0 saturated carbocycles. The predicted octanol–water partition coefficient (Wildman–Crippen LogP) is 1.94. The van der Waals surface area contributed by atoms with E-state index >= 15 is 0 Å². The molecule has 0 unspecified atom stereocenters. The molecule has 74 valence electrons. The van der Waals surface area contributed by atoms with Crippen molar-refractivity contribution in [2.45, 2.75) is 26.4 Å². The third-order valence-electron chi connectivity index (χ3n) is 1.69. The molecule has 4 nitrogen and oxygen atoms in total. The molecule has 0 aliphatic carbocycles. The number of hydroxylamine groups is 2. The molecule has 0 aliphatic heterocycles. The van der Waals surface area contributed by atoms with E-state index in [-0.39, 0.29) is 6.04 Å². The highest BCUT2D eigenvalue weighted by Gasteiger charge is 2.11. The lowest BCUT2D eigenvalue weighted by atomic mass is 10.3. The Morgan fingerprint density at radius 3 is 2.69 bits per heavy atom. The van der Waals surface area contributed by atoms with Crippen molar-refractivity contribution in [1.29, 1.82) is 0 Å². The smallest absolute Gasteiger partial charge is 0.131 e. The topological polar surface area (TPSA) is 41.3 Å². The lowest BCUT2D eigenvalue weighted by Crippen LogP contribution is -2.11. The summed E-state index contributed by atoms with van der Waals surface area (Å²) in [6.07, 6.45) is 1.68. The Kier molecular flexibility index (Phi) is 3.30. The fourth-order valence-corrected chi connectivity index (χ4v) is 1.44. The summed E-state index contributed by atoms with van der Waals surface area (Å²) in [5, 5.41) is 14.8. The summed E-state index contributed by atoms with van der Waals surface area (Å²) in [4.78, 5) is 0. The first-order valence-electron chi connectivity index (χ1n) is 4.14. The molecule has 1 N–H and O–H groups in total. The number of rotatable bonds is 3. The van der Waals surface area contributed by atoms with Gasteiger partial charge in [0.05, 0.1) is 12.7 Å². The summed E-state index contributed by atoms with van der Waals surface area (Å²) in [6.45, 7) is 4.40. The van der Waals surface area contributed by atoms with Gasteiger partial charge in [0.2, 0.25) is 0 Å². The molecule has 0 fully saturated rings. The highest BCUT2D eigenvalue weighted by atomic mass is 35.5. The Balaban J connectivity index is 2.86. The summed E-state index contributed by atoms with van der Waals surface area (Å²) in [6, 6.07) is 0.241. The highest BCUT2D eigenvalue weighted by Crippen LogP contribution is 2.19. The van der Waals surface area contributed by atoms with Gasteiger partial charge in [-0.2, -0.15) is 10.2 Å². The van der Waals surface area contributed by atoms with Crippen LogP contribution in [0.25, 0.3) is 0 Å². The molecule has 0 radical (unpaired) electrons. The predicted molar refractivity (Wildman–Crippen MR) is 50.9 cm³/mol. The van der Waals surface area contributed by atoms with Crippen LogP contribution in [-0.2, 0) is 6.54 Å². The van der Waals surface area contributed by atoms with Crippen molar-refractivity contribution < 1.29 is 5.21 Å². The van der Waals surface area contributed by atoms with Crippen molar-refractivity contribution in [3.63, 3.8) is 0 Å². The van der Waals surface area contributed by atoms with Crippen molar-refractivity contribution in [2.75, 3.05) is 7.05 Å². The van der Waals surface area contributed by atoms with E-state index in [1.807, 2.05) is 13.8 Å². The molecule has 1 aromatic rings. The summed E-state index contributed by atoms with van der Waals surface area (Å²) >= 11 is 6.03. The minimum Gasteiger partial charge on any atom is -0.314 e. The van der Waals surface area contributed by atoms with Crippen LogP contribution in [0.1, 0.15) is 25.5 Å². The van der Waals surface area contributed by atoms with Crippen molar-refractivity contribution in [1.82, 2.24) is 14.8 Å². The Morgan fingerprint density at radius 1 is 1.69 bits per heavy atom. The minimum atomic E-state index is 0.241. The maximum Gasteiger partial charge on any atom is 0.131 e. The fraction of sp³-hybridized carbons (Fsp3) is 0.625. The standard InChI is InChI=1S/C8H14ClN3O/c1-6(2)12-8(9)7(4-10-12)5-11(3)13/h4,6,13H,5H2,1-3H3. The Hall–Kier alpha value is -0.580. The van der Waals surface area contributed by atoms with E-state index < -0.39 is 0 Å². The second-order valence-electron chi connectivity index (χ2n) is 3.31. The van der Waals surface area contributed by atoms with E-state index in [4.69, 9.17) is 16.8 Å². The zero-order chi connectivity index (χ0) is 10.0. The molecule has 0 aromatic carbocycles. The Morgan fingerprint density at radius 2 is 2.31 bits per heavy atom. The van der Waals surface area contributed by atoms with Crippen LogP contribution in [0, 0.1) is 0 Å². The van der Waals surface area contributed by atoms with Crippen LogP contribution in [-0.4, -0.2) is 27.1 Å². The van der Waals surface area contributed by atoms with Crippen molar-refractivity contribution in [2.24, 2.45) is 0 Å². The third-order valence-corrected chi connectivity index (χ3v) is 2.11. The van der Waals surface area contributed by atoms with Crippen molar-refractivity contribution >= 4 is 11.6 Å². The van der Waals surface area contributed by atoms with Gasteiger partial charge < -0.3 is 5.21 Å². The molecule has 0 saturated heterocycles. The molecule has 0 aliphatic rings. The third kappa shape index (κ3) is 2.43. The molecule has 1 aromatic heterocycles. The molecule has 0 atom stereocenters. The van der Waals surface area contributed by atoms with Crippen LogP contribution in [0.5, 0.6) is 0 Å². The van der Waals surface area contributed by atoms with E-state index in [9.17, 15) is 0 Å². The van der Waals surface area contributed by atoms with Gasteiger partial charge in [0, 0.05) is 18.7 Å². The normalized spacial score (nSPS) is 11.6. The molecule has 1 heterocycles. The summed E-state index contributed by atoms with van der Waals surface area (Å²) in [5.41, 5.74) is 0.834. The lowest BCUT2D eigenvalue weighted by Gasteiger charge is -2.08. The summed E-state index contributed by atoms with van der Waals surface area (Å²) in [5.74, 6) is 0. The average Bonchev–Trinajstić information content (AvgIpc) is 2.32. The molecule has 5 heteroatoms. The van der Waals surface area contributed by atoms with Gasteiger partial charge in [0.25, 0.3) is 0 Å². The number of nitrogens with zero attached hydrogens (tertiary/aromatic N) is 3. The van der Waals surface area contributed by atoms with Crippen LogP contribution in [0.15, 0.2) is 6.20 Å². The first-order chi connectivity index (χ1) is 6.02. The first kappa shape index (κ1) is 10.5. The molecule has 0 amide bonds. The average molecular weight is 204 g/mol. The van der Waals surface area contributed by atoms with Gasteiger partial charge in [-0.1, -0.05) is 11.6 Å². The fourth-order valence-electron chi connectivity index (χ4n) is 1.10. The highest BCUT2D eigenvalue weighted by molar-refractivity contribution is 6.30. The van der Waals surface area contributed by atoms with Crippen molar-refractivity contribution in [3.05, 3.63) is 16.9 Å². The van der Waals surface area contributed by atoms with Crippen LogP contribution in [0.2, 0.25) is 5.15 Å². The minimum absolute atomic E-state index is 0.241. The van der Waals surface area contributed by atoms with E-state index in [1.165, 1.54) is 0 Å². The van der Waals surface area contributed by atoms with Gasteiger partial charge in [-0.15, -0.1) is 0 Å². The lowest BCUT2D eigenvalue weighted by molar-refractivity contribution is -0.0731. The zero-order valence-electron chi connectivity index (χ0n) is 8.03. The van der Waals surface area contributed by atoms with Gasteiger partial charge in [0.15, 0.2) is 0 Å². The molecular weight excluding hydrogens is 190 g/mol. The molecule has 0 bridgehead atoms. The quantitative estimate of drug-likeness (QED) is 0.764. The van der Waals surface area contributed by atoms with E-state index in [0.717, 1.165) is 10.6 Å². The summed E-state index contributed by atoms with van der Waals surface area (Å²) in [7, 11) is 1.57. The maximum atomic E-state index is 9.02. The van der Waals surface area contributed by atoms with E-state index in [1.54, 1.807) is 17.9 Å². The van der Waals surface area contributed by atoms with Gasteiger partial charge in [0.1, 0.15) is 5.15 Å². The summed E-state index contributed by atoms with van der Waals surface area (Å²) < 4.78 is 1.72. The number of hydrogen-bond acceptors (Lipinski definition) is 3. The SMILES string of the molecule is CC(C)n1ncc(CN(C)O)c1Cl. The van der Waals surface area contributed by atoms with Crippen molar-refractivity contribution in [3.8, 4) is 0 Å². The Labute approximate surface area is 82.7 Å². The largest absolute Gasteiger partial charge is 0.314 e. The van der Waals surface area contributed by atoms with Gasteiger partial charge >= 0.3 is 0 Å². The van der Waals surface area contributed by atoms with Crippen LogP contribution in [0.3, 0.4) is 0 Å². The second kappa shape index (κ2) is 4.09. The van der Waals surface area contributed by atoms with Gasteiger partial charge in [-0.05, 0) is 13.8 Å². The van der Waals surface area contributed by atoms with Crippen LogP contribution >= 0.6 is 11.6 Å². The van der Waals surface area contributed by atoms with Crippen LogP contribution in [0.4, 0.5) is 0 Å². The number of hydrogen-bond donors (Lipinski definition) is 1. The monoisotopic (exact) mass is 203 g/mol. The van der Waals surface area contributed by atoms with E-state index in [0.29, 0.717) is 11.7 Å². The van der Waals surface area contributed by atoms with Crippen LogP contribution < -0.4 is 0 Å². The van der Waals surface area contributed by atoms with E-state index in [2.05, 4.69) is 5.10 Å². The molecule has 0 spiro atoms. The zero-order valence-corrected chi connectivity index (χ0v) is 8.78. The number of aromatic nitrogens is 2. The van der Waals surface area contributed by atoms with Gasteiger partial charge in [-0.3, -0.25) is 4.68 Å². The Bertz CT molecular complexity index is 283. The molecule has 1 rings (SSSR count). The first-order valence-corrected chi connectivity index (χ1v) is 4.52. The maximum absolute atomic E-state index is 9.02. The second-order valence-corrected chi connectivity index (χ2v) is 3.67.